The van der Waals surface area contributed by atoms with Gasteiger partial charge in [0.25, 0.3) is 5.69 Å². The van der Waals surface area contributed by atoms with E-state index in [0.717, 1.165) is 11.1 Å². The number of allylic oxidation sites excluding steroid dienone is 1. The van der Waals surface area contributed by atoms with E-state index in [0.29, 0.717) is 34.0 Å². The smallest absolute Gasteiger partial charge is 0.271 e. The molecule has 9 nitrogen and oxygen atoms in total. The number of benzene rings is 2. The van der Waals surface area contributed by atoms with E-state index in [1.807, 2.05) is 30.5 Å². The fraction of sp³-hybridized carbons (Fsp3) is 0.227. The molecule has 0 saturated carbocycles. The molecule has 172 valence electrons. The Morgan fingerprint density at radius 2 is 2.03 bits per heavy atom. The summed E-state index contributed by atoms with van der Waals surface area (Å²) >= 11 is 7.41. The minimum Gasteiger partial charge on any atom is -0.486 e. The van der Waals surface area contributed by atoms with Crippen LogP contribution < -0.4 is 10.1 Å². The number of aromatic nitrogens is 3. The van der Waals surface area contributed by atoms with E-state index < -0.39 is 4.92 Å². The third-order valence-corrected chi connectivity index (χ3v) is 6.12. The number of aryl methyl sites for hydroxylation is 2. The fourth-order valence-electron chi connectivity index (χ4n) is 3.01. The van der Waals surface area contributed by atoms with E-state index in [1.54, 1.807) is 12.1 Å². The second-order valence-electron chi connectivity index (χ2n) is 7.10. The highest BCUT2D eigenvalue weighted by molar-refractivity contribution is 7.99. The van der Waals surface area contributed by atoms with Crippen LogP contribution in [0.15, 0.2) is 54.2 Å². The Hall–Kier alpha value is -3.37. The van der Waals surface area contributed by atoms with Crippen LogP contribution in [0, 0.1) is 24.0 Å². The predicted molar refractivity (Wildman–Crippen MR) is 128 cm³/mol. The van der Waals surface area contributed by atoms with Gasteiger partial charge in [0.2, 0.25) is 5.91 Å². The summed E-state index contributed by atoms with van der Waals surface area (Å²) in [5.41, 5.74) is 2.10. The number of anilines is 1. The number of nitrogens with one attached hydrogen (secondary N) is 1. The standard InChI is InChI=1S/C22H22ClN5O4S/c1-4-8-27-19(12-32-18-9-14(2)21(23)15(3)10-18)25-26-22(27)33-13-20(29)24-16-6-5-7-17(11-16)28(30)31/h4-7,9-11H,1,8,12-13H2,2-3H3,(H,24,29). The lowest BCUT2D eigenvalue weighted by Crippen LogP contribution is -2.15. The predicted octanol–water partition coefficient (Wildman–Crippen LogP) is 4.95. The molecular weight excluding hydrogens is 466 g/mol. The van der Waals surface area contributed by atoms with E-state index in [1.165, 1.54) is 30.0 Å². The minimum absolute atomic E-state index is 0.0500. The van der Waals surface area contributed by atoms with Gasteiger partial charge in [0.05, 0.1) is 10.7 Å². The number of hydrogen-bond donors (Lipinski definition) is 1. The third-order valence-electron chi connectivity index (χ3n) is 4.56. The molecule has 1 aromatic heterocycles. The molecule has 1 amide bonds. The van der Waals surface area contributed by atoms with Crippen LogP contribution in [0.25, 0.3) is 0 Å². The lowest BCUT2D eigenvalue weighted by Gasteiger charge is -2.11. The highest BCUT2D eigenvalue weighted by Crippen LogP contribution is 2.27. The van der Waals surface area contributed by atoms with E-state index in [-0.39, 0.29) is 24.0 Å². The third kappa shape index (κ3) is 6.33. The molecule has 3 rings (SSSR count). The number of thioether (sulfide) groups is 1. The Morgan fingerprint density at radius 3 is 2.70 bits per heavy atom. The lowest BCUT2D eigenvalue weighted by atomic mass is 10.1. The molecule has 3 aromatic rings. The molecule has 11 heteroatoms. The molecule has 0 bridgehead atoms. The average molecular weight is 488 g/mol. The molecule has 0 fully saturated rings. The van der Waals surface area contributed by atoms with E-state index in [2.05, 4.69) is 22.1 Å². The molecule has 0 spiro atoms. The van der Waals surface area contributed by atoms with Crippen LogP contribution in [-0.4, -0.2) is 31.3 Å². The number of halogens is 1. The largest absolute Gasteiger partial charge is 0.486 e. The summed E-state index contributed by atoms with van der Waals surface area (Å²) in [4.78, 5) is 22.7. The van der Waals surface area contributed by atoms with Gasteiger partial charge in [0.1, 0.15) is 12.4 Å². The highest BCUT2D eigenvalue weighted by atomic mass is 35.5. The maximum absolute atomic E-state index is 12.3. The molecule has 0 saturated heterocycles. The number of ether oxygens (including phenoxy) is 1. The van der Waals surface area contributed by atoms with Gasteiger partial charge in [-0.25, -0.2) is 0 Å². The molecule has 1 N–H and O–H groups in total. The van der Waals surface area contributed by atoms with Crippen molar-refractivity contribution in [1.82, 2.24) is 14.8 Å². The average Bonchev–Trinajstić information content (AvgIpc) is 3.16. The number of nitrogens with zero attached hydrogens (tertiary/aromatic N) is 4. The van der Waals surface area contributed by atoms with Crippen molar-refractivity contribution in [3.63, 3.8) is 0 Å². The number of amides is 1. The van der Waals surface area contributed by atoms with Crippen molar-refractivity contribution < 1.29 is 14.5 Å². The number of hydrogen-bond acceptors (Lipinski definition) is 7. The molecule has 0 aliphatic rings. The van der Waals surface area contributed by atoms with Crippen LogP contribution >= 0.6 is 23.4 Å². The molecule has 0 radical (unpaired) electrons. The van der Waals surface area contributed by atoms with Gasteiger partial charge < -0.3 is 10.1 Å². The first kappa shape index (κ1) is 24.3. The van der Waals surface area contributed by atoms with Crippen LogP contribution in [0.3, 0.4) is 0 Å². The van der Waals surface area contributed by atoms with Gasteiger partial charge in [-0.1, -0.05) is 35.5 Å². The fourth-order valence-corrected chi connectivity index (χ4v) is 3.88. The van der Waals surface area contributed by atoms with Crippen molar-refractivity contribution in [1.29, 1.82) is 0 Å². The summed E-state index contributed by atoms with van der Waals surface area (Å²) in [6.45, 7) is 8.22. The van der Waals surface area contributed by atoms with Crippen LogP contribution in [0.4, 0.5) is 11.4 Å². The van der Waals surface area contributed by atoms with Gasteiger partial charge in [-0.05, 0) is 43.2 Å². The van der Waals surface area contributed by atoms with Crippen molar-refractivity contribution in [2.75, 3.05) is 11.1 Å². The Kier molecular flexibility index (Phi) is 8.07. The summed E-state index contributed by atoms with van der Waals surface area (Å²) in [6, 6.07) is 9.48. The van der Waals surface area contributed by atoms with E-state index >= 15 is 0 Å². The van der Waals surface area contributed by atoms with Gasteiger partial charge in [-0.2, -0.15) is 0 Å². The topological polar surface area (TPSA) is 112 Å². The Labute approximate surface area is 200 Å². The van der Waals surface area contributed by atoms with Gasteiger partial charge in [0, 0.05) is 29.4 Å². The normalized spacial score (nSPS) is 10.6. The van der Waals surface area contributed by atoms with E-state index in [9.17, 15) is 14.9 Å². The molecular formula is C22H22ClN5O4S. The van der Waals surface area contributed by atoms with Crippen LogP contribution in [-0.2, 0) is 17.9 Å². The molecule has 2 aromatic carbocycles. The molecule has 0 aliphatic heterocycles. The van der Waals surface area contributed by atoms with Crippen LogP contribution in [0.5, 0.6) is 5.75 Å². The van der Waals surface area contributed by atoms with Gasteiger partial charge in [-0.3, -0.25) is 19.5 Å². The van der Waals surface area contributed by atoms with Crippen LogP contribution in [0.1, 0.15) is 17.0 Å². The highest BCUT2D eigenvalue weighted by Gasteiger charge is 2.15. The SMILES string of the molecule is C=CCn1c(COc2cc(C)c(Cl)c(C)c2)nnc1SCC(=O)Nc1cccc([N+](=O)[O-])c1. The van der Waals surface area contributed by atoms with Crippen molar-refractivity contribution in [3.05, 3.63) is 81.1 Å². The molecule has 1 heterocycles. The van der Waals surface area contributed by atoms with Crippen molar-refractivity contribution in [2.24, 2.45) is 0 Å². The van der Waals surface area contributed by atoms with Gasteiger partial charge >= 0.3 is 0 Å². The zero-order chi connectivity index (χ0) is 24.0. The summed E-state index contributed by atoms with van der Waals surface area (Å²) in [5, 5.41) is 23.1. The lowest BCUT2D eigenvalue weighted by molar-refractivity contribution is -0.384. The zero-order valence-corrected chi connectivity index (χ0v) is 19.7. The number of rotatable bonds is 10. The first-order valence-electron chi connectivity index (χ1n) is 9.88. The van der Waals surface area contributed by atoms with E-state index in [4.69, 9.17) is 16.3 Å². The van der Waals surface area contributed by atoms with Gasteiger partial charge in [0.15, 0.2) is 11.0 Å². The number of nitro groups is 1. The number of nitro benzene ring substituents is 1. The summed E-state index contributed by atoms with van der Waals surface area (Å²) in [6.07, 6.45) is 1.71. The summed E-state index contributed by atoms with van der Waals surface area (Å²) in [5.74, 6) is 0.988. The molecule has 0 unspecified atom stereocenters. The summed E-state index contributed by atoms with van der Waals surface area (Å²) < 4.78 is 7.70. The molecule has 0 aliphatic carbocycles. The van der Waals surface area contributed by atoms with Crippen molar-refractivity contribution in [3.8, 4) is 5.75 Å². The quantitative estimate of drug-likeness (QED) is 0.186. The maximum Gasteiger partial charge on any atom is 0.271 e. The molecule has 0 atom stereocenters. The first-order chi connectivity index (χ1) is 15.8. The Morgan fingerprint density at radius 1 is 1.30 bits per heavy atom. The monoisotopic (exact) mass is 487 g/mol. The second-order valence-corrected chi connectivity index (χ2v) is 8.42. The van der Waals surface area contributed by atoms with Crippen LogP contribution in [0.2, 0.25) is 5.02 Å². The molecule has 33 heavy (non-hydrogen) atoms. The van der Waals surface area contributed by atoms with Crippen molar-refractivity contribution >= 4 is 40.6 Å². The zero-order valence-electron chi connectivity index (χ0n) is 18.1. The Bertz CT molecular complexity index is 1170. The van der Waals surface area contributed by atoms with Crippen molar-refractivity contribution in [2.45, 2.75) is 32.2 Å². The maximum atomic E-state index is 12.3. The first-order valence-corrected chi connectivity index (χ1v) is 11.2. The summed E-state index contributed by atoms with van der Waals surface area (Å²) in [7, 11) is 0. The number of carbonyl (C=O) groups is 1. The number of non-ortho nitro benzene ring substituents is 1. The minimum atomic E-state index is -0.515. The number of carbonyl (C=O) groups excluding carboxylic acids is 1. The van der Waals surface area contributed by atoms with Gasteiger partial charge in [-0.15, -0.1) is 16.8 Å². The Balaban J connectivity index is 1.64. The second kappa shape index (κ2) is 11.0.